The van der Waals surface area contributed by atoms with Gasteiger partial charge in [0.2, 0.25) is 11.9 Å². The van der Waals surface area contributed by atoms with E-state index >= 15 is 0 Å². The van der Waals surface area contributed by atoms with E-state index in [-0.39, 0.29) is 5.91 Å². The van der Waals surface area contributed by atoms with Crippen molar-refractivity contribution in [2.24, 2.45) is 0 Å². The van der Waals surface area contributed by atoms with Crippen LogP contribution < -0.4 is 20.9 Å². The van der Waals surface area contributed by atoms with Gasteiger partial charge in [0, 0.05) is 31.9 Å². The largest absolute Gasteiger partial charge is 0.338 e. The topological polar surface area (TPSA) is 108 Å². The number of aromatic nitrogens is 4. The summed E-state index contributed by atoms with van der Waals surface area (Å²) in [5, 5.41) is 9.96. The zero-order valence-electron chi connectivity index (χ0n) is 17.2. The van der Waals surface area contributed by atoms with Gasteiger partial charge in [-0.2, -0.15) is 15.0 Å². The summed E-state index contributed by atoms with van der Waals surface area (Å²) in [5.41, 5.74) is 2.87. The number of anilines is 4. The maximum absolute atomic E-state index is 12.7. The van der Waals surface area contributed by atoms with Crippen LogP contribution in [0.4, 0.5) is 22.7 Å². The molecule has 1 fully saturated rings. The van der Waals surface area contributed by atoms with Crippen molar-refractivity contribution >= 4 is 40.0 Å². The second-order valence-corrected chi connectivity index (χ2v) is 8.15. The van der Waals surface area contributed by atoms with E-state index in [0.29, 0.717) is 27.7 Å². The third-order valence-corrected chi connectivity index (χ3v) is 5.71. The Bertz CT molecular complexity index is 1040. The molecule has 0 saturated carbocycles. The highest BCUT2D eigenvalue weighted by Crippen LogP contribution is 2.25. The molecule has 3 heterocycles. The number of hydrogen-bond donors (Lipinski definition) is 3. The van der Waals surface area contributed by atoms with Gasteiger partial charge < -0.3 is 15.5 Å². The van der Waals surface area contributed by atoms with Crippen molar-refractivity contribution in [1.82, 2.24) is 25.3 Å². The molecule has 0 bridgehead atoms. The molecule has 4 rings (SSSR count). The Morgan fingerprint density at radius 3 is 2.57 bits per heavy atom. The molecule has 2 aromatic heterocycles. The summed E-state index contributed by atoms with van der Waals surface area (Å²) in [4.78, 5) is 33.0. The average molecular weight is 425 g/mol. The molecule has 10 heteroatoms. The molecule has 156 valence electrons. The molecule has 1 aliphatic heterocycles. The molecule has 0 spiro atoms. The molecular weight excluding hydrogens is 400 g/mol. The van der Waals surface area contributed by atoms with Gasteiger partial charge in [0.25, 0.3) is 5.91 Å². The van der Waals surface area contributed by atoms with Gasteiger partial charge in [-0.3, -0.25) is 10.1 Å². The van der Waals surface area contributed by atoms with Crippen molar-refractivity contribution < 1.29 is 4.79 Å². The van der Waals surface area contributed by atoms with Gasteiger partial charge in [-0.1, -0.05) is 29.5 Å². The van der Waals surface area contributed by atoms with Crippen molar-refractivity contribution in [2.75, 3.05) is 41.7 Å². The summed E-state index contributed by atoms with van der Waals surface area (Å²) in [6.45, 7) is 9.29. The zero-order chi connectivity index (χ0) is 21.1. The molecule has 1 amide bonds. The lowest BCUT2D eigenvalue weighted by Gasteiger charge is -2.27. The Labute approximate surface area is 179 Å². The first-order valence-electron chi connectivity index (χ1n) is 9.78. The quantitative estimate of drug-likeness (QED) is 0.574. The van der Waals surface area contributed by atoms with Crippen molar-refractivity contribution in [3.8, 4) is 0 Å². The lowest BCUT2D eigenvalue weighted by molar-refractivity contribution is 0.103. The predicted octanol–water partition coefficient (Wildman–Crippen LogP) is 2.66. The molecule has 3 N–H and O–H groups in total. The lowest BCUT2D eigenvalue weighted by atomic mass is 10.1. The maximum atomic E-state index is 12.7. The van der Waals surface area contributed by atoms with E-state index in [1.807, 2.05) is 39.0 Å². The monoisotopic (exact) mass is 424 g/mol. The number of aryl methyl sites for hydroxylation is 3. The number of hydrogen-bond acceptors (Lipinski definition) is 9. The number of amides is 1. The van der Waals surface area contributed by atoms with Crippen LogP contribution in [0.25, 0.3) is 0 Å². The lowest BCUT2D eigenvalue weighted by Crippen LogP contribution is -2.44. The highest BCUT2D eigenvalue weighted by atomic mass is 32.1. The van der Waals surface area contributed by atoms with Gasteiger partial charge in [-0.05, 0) is 31.9 Å². The van der Waals surface area contributed by atoms with Crippen LogP contribution in [0.1, 0.15) is 26.6 Å². The van der Waals surface area contributed by atoms with Crippen molar-refractivity contribution in [3.63, 3.8) is 0 Å². The number of benzene rings is 1. The number of thiazole rings is 1. The number of rotatable bonds is 5. The minimum absolute atomic E-state index is 0.189. The van der Waals surface area contributed by atoms with Crippen LogP contribution in [-0.4, -0.2) is 52.0 Å². The molecule has 0 radical (unpaired) electrons. The standard InChI is InChI=1S/C20H24N8OS/c1-12-5-4-6-13(2)16(12)25-17(29)15-11-22-20(30-15)27-18-23-14(3)24-19(26-18)28-9-7-21-8-10-28/h4-6,11,21H,7-10H2,1-3H3,(H,25,29)(H,22,23,24,26,27). The third kappa shape index (κ3) is 4.55. The van der Waals surface area contributed by atoms with Gasteiger partial charge in [-0.15, -0.1) is 0 Å². The minimum atomic E-state index is -0.189. The summed E-state index contributed by atoms with van der Waals surface area (Å²) >= 11 is 1.26. The number of nitrogens with one attached hydrogen (secondary N) is 3. The molecule has 9 nitrogen and oxygen atoms in total. The van der Waals surface area contributed by atoms with Gasteiger partial charge in [-0.25, -0.2) is 4.98 Å². The van der Waals surface area contributed by atoms with E-state index in [2.05, 4.69) is 40.8 Å². The fraction of sp³-hybridized carbons (Fsp3) is 0.350. The third-order valence-electron chi connectivity index (χ3n) is 4.80. The number of piperazine rings is 1. The van der Waals surface area contributed by atoms with Crippen LogP contribution in [0, 0.1) is 20.8 Å². The smallest absolute Gasteiger partial charge is 0.267 e. The van der Waals surface area contributed by atoms with Crippen LogP contribution in [0.5, 0.6) is 0 Å². The van der Waals surface area contributed by atoms with E-state index < -0.39 is 0 Å². The van der Waals surface area contributed by atoms with E-state index in [0.717, 1.165) is 43.0 Å². The first kappa shape index (κ1) is 20.2. The van der Waals surface area contributed by atoms with E-state index in [1.54, 1.807) is 6.20 Å². The van der Waals surface area contributed by atoms with Gasteiger partial charge in [0.05, 0.1) is 6.20 Å². The SMILES string of the molecule is Cc1nc(Nc2ncc(C(=O)Nc3c(C)cccc3C)s2)nc(N2CCNCC2)n1. The van der Waals surface area contributed by atoms with E-state index in [4.69, 9.17) is 0 Å². The molecule has 1 saturated heterocycles. The number of para-hydroxylation sites is 1. The first-order chi connectivity index (χ1) is 14.5. The Morgan fingerprint density at radius 1 is 1.10 bits per heavy atom. The highest BCUT2D eigenvalue weighted by Gasteiger charge is 2.17. The first-order valence-corrected chi connectivity index (χ1v) is 10.6. The fourth-order valence-corrected chi connectivity index (χ4v) is 3.95. The van der Waals surface area contributed by atoms with Crippen LogP contribution in [0.2, 0.25) is 0 Å². The van der Waals surface area contributed by atoms with Gasteiger partial charge >= 0.3 is 0 Å². The summed E-state index contributed by atoms with van der Waals surface area (Å²) < 4.78 is 0. The van der Waals surface area contributed by atoms with Crippen molar-refractivity contribution in [1.29, 1.82) is 0 Å². The molecule has 0 unspecified atom stereocenters. The van der Waals surface area contributed by atoms with Gasteiger partial charge in [0.1, 0.15) is 10.7 Å². The molecule has 3 aromatic rings. The zero-order valence-corrected chi connectivity index (χ0v) is 18.0. The van der Waals surface area contributed by atoms with E-state index in [1.165, 1.54) is 11.3 Å². The number of carbonyl (C=O) groups is 1. The molecule has 1 aliphatic rings. The van der Waals surface area contributed by atoms with Gasteiger partial charge in [0.15, 0.2) is 5.13 Å². The minimum Gasteiger partial charge on any atom is -0.338 e. The summed E-state index contributed by atoms with van der Waals surface area (Å²) in [7, 11) is 0. The van der Waals surface area contributed by atoms with Crippen LogP contribution in [0.15, 0.2) is 24.4 Å². The Hall–Kier alpha value is -3.11. The average Bonchev–Trinajstić information content (AvgIpc) is 3.19. The molecule has 1 aromatic carbocycles. The molecular formula is C20H24N8OS. The molecule has 0 aliphatic carbocycles. The van der Waals surface area contributed by atoms with Crippen molar-refractivity contribution in [2.45, 2.75) is 20.8 Å². The van der Waals surface area contributed by atoms with Crippen LogP contribution in [-0.2, 0) is 0 Å². The summed E-state index contributed by atoms with van der Waals surface area (Å²) in [5.74, 6) is 1.51. The second kappa shape index (κ2) is 8.72. The normalized spacial score (nSPS) is 13.9. The summed E-state index contributed by atoms with van der Waals surface area (Å²) in [6, 6.07) is 5.92. The number of carbonyl (C=O) groups excluding carboxylic acids is 1. The Kier molecular flexibility index (Phi) is 5.86. The molecule has 0 atom stereocenters. The molecule has 30 heavy (non-hydrogen) atoms. The Balaban J connectivity index is 1.48. The van der Waals surface area contributed by atoms with E-state index in [9.17, 15) is 4.79 Å². The Morgan fingerprint density at radius 2 is 1.83 bits per heavy atom. The number of nitrogens with zero attached hydrogens (tertiary/aromatic N) is 5. The van der Waals surface area contributed by atoms with Crippen LogP contribution >= 0.6 is 11.3 Å². The maximum Gasteiger partial charge on any atom is 0.267 e. The fourth-order valence-electron chi connectivity index (χ4n) is 3.25. The van der Waals surface area contributed by atoms with Crippen LogP contribution in [0.3, 0.4) is 0 Å². The summed E-state index contributed by atoms with van der Waals surface area (Å²) in [6.07, 6.45) is 1.56. The second-order valence-electron chi connectivity index (χ2n) is 7.12. The predicted molar refractivity (Wildman–Crippen MR) is 119 cm³/mol. The van der Waals surface area contributed by atoms with Crippen molar-refractivity contribution in [3.05, 3.63) is 46.2 Å². The highest BCUT2D eigenvalue weighted by molar-refractivity contribution is 7.17.